The summed E-state index contributed by atoms with van der Waals surface area (Å²) in [7, 11) is 0. The van der Waals surface area contributed by atoms with Crippen LogP contribution in [0.25, 0.3) is 11.1 Å². The van der Waals surface area contributed by atoms with Gasteiger partial charge < -0.3 is 15.2 Å². The maximum atomic E-state index is 12.7. The second-order valence-electron chi connectivity index (χ2n) is 9.37. The quantitative estimate of drug-likeness (QED) is 0.730. The molecule has 1 amide bonds. The smallest absolute Gasteiger partial charge is 0.407 e. The van der Waals surface area contributed by atoms with E-state index < -0.39 is 0 Å². The van der Waals surface area contributed by atoms with Gasteiger partial charge in [0.2, 0.25) is 0 Å². The molecule has 2 N–H and O–H groups in total. The molecule has 0 heterocycles. The van der Waals surface area contributed by atoms with Gasteiger partial charge in [0.25, 0.3) is 0 Å². The van der Waals surface area contributed by atoms with Crippen LogP contribution in [0.3, 0.4) is 0 Å². The maximum Gasteiger partial charge on any atom is 0.407 e. The predicted octanol–water partition coefficient (Wildman–Crippen LogP) is 5.25. The number of benzene rings is 2. The number of carbonyl (C=O) groups excluding carboxylic acids is 1. The van der Waals surface area contributed by atoms with E-state index in [1.54, 1.807) is 0 Å². The Labute approximate surface area is 173 Å². The van der Waals surface area contributed by atoms with E-state index in [0.717, 1.165) is 25.7 Å². The van der Waals surface area contributed by atoms with Crippen molar-refractivity contribution in [2.24, 2.45) is 5.41 Å². The molecule has 4 nitrogen and oxygen atoms in total. The van der Waals surface area contributed by atoms with Crippen molar-refractivity contribution in [3.05, 3.63) is 59.7 Å². The number of carbonyl (C=O) groups is 1. The number of aliphatic hydroxyl groups is 1. The average molecular weight is 394 g/mol. The Kier molecular flexibility index (Phi) is 5.39. The van der Waals surface area contributed by atoms with E-state index in [4.69, 9.17) is 4.74 Å². The molecule has 1 saturated carbocycles. The summed E-state index contributed by atoms with van der Waals surface area (Å²) in [5.74, 6) is 0.0623. The molecule has 0 atom stereocenters. The van der Waals surface area contributed by atoms with Gasteiger partial charge in [0, 0.05) is 18.1 Å². The van der Waals surface area contributed by atoms with Crippen molar-refractivity contribution in [2.75, 3.05) is 13.2 Å². The van der Waals surface area contributed by atoms with E-state index in [2.05, 4.69) is 55.6 Å². The van der Waals surface area contributed by atoms with Gasteiger partial charge in [0.05, 0.1) is 0 Å². The number of nitrogens with one attached hydrogen (secondary N) is 1. The lowest BCUT2D eigenvalue weighted by atomic mass is 9.68. The Hall–Kier alpha value is -2.33. The van der Waals surface area contributed by atoms with Gasteiger partial charge in [0.15, 0.2) is 0 Å². The molecule has 2 aromatic rings. The van der Waals surface area contributed by atoms with Crippen molar-refractivity contribution in [1.29, 1.82) is 0 Å². The highest BCUT2D eigenvalue weighted by Crippen LogP contribution is 2.45. The summed E-state index contributed by atoms with van der Waals surface area (Å²) >= 11 is 0. The summed E-state index contributed by atoms with van der Waals surface area (Å²) < 4.78 is 5.73. The van der Waals surface area contributed by atoms with Crippen LogP contribution in [0.2, 0.25) is 0 Å². The normalized spacial score (nSPS) is 19.3. The average Bonchev–Trinajstić information content (AvgIpc) is 3.03. The lowest BCUT2D eigenvalue weighted by Crippen LogP contribution is -2.52. The minimum atomic E-state index is -0.375. The Morgan fingerprint density at radius 2 is 1.55 bits per heavy atom. The second-order valence-corrected chi connectivity index (χ2v) is 9.37. The first-order valence-electron chi connectivity index (χ1n) is 10.7. The SMILES string of the molecule is CC1(C)CCC(CCO)(NC(=O)OCC2c3ccccc3-c3ccccc32)CC1. The maximum absolute atomic E-state index is 12.7. The molecule has 0 bridgehead atoms. The molecule has 4 heteroatoms. The third-order valence-electron chi connectivity index (χ3n) is 6.86. The van der Waals surface area contributed by atoms with Crippen LogP contribution < -0.4 is 5.32 Å². The van der Waals surface area contributed by atoms with Crippen LogP contribution in [0.5, 0.6) is 0 Å². The fraction of sp³-hybridized carbons (Fsp3) is 0.480. The van der Waals surface area contributed by atoms with E-state index in [-0.39, 0.29) is 24.2 Å². The number of hydrogen-bond donors (Lipinski definition) is 2. The highest BCUT2D eigenvalue weighted by molar-refractivity contribution is 5.79. The van der Waals surface area contributed by atoms with E-state index in [0.29, 0.717) is 18.4 Å². The lowest BCUT2D eigenvalue weighted by molar-refractivity contribution is 0.0850. The van der Waals surface area contributed by atoms with Crippen LogP contribution >= 0.6 is 0 Å². The molecule has 0 aliphatic heterocycles. The first-order chi connectivity index (χ1) is 13.9. The largest absolute Gasteiger partial charge is 0.449 e. The zero-order valence-electron chi connectivity index (χ0n) is 17.4. The lowest BCUT2D eigenvalue weighted by Gasteiger charge is -2.43. The zero-order valence-corrected chi connectivity index (χ0v) is 17.4. The van der Waals surface area contributed by atoms with Crippen molar-refractivity contribution < 1.29 is 14.6 Å². The standard InChI is InChI=1S/C25H31NO3/c1-24(2)11-13-25(14-12-24,15-16-27)26-23(28)29-17-22-20-9-5-3-7-18(20)19-8-4-6-10-21(19)22/h3-10,22,27H,11-17H2,1-2H3,(H,26,28). The number of hydrogen-bond acceptors (Lipinski definition) is 3. The Morgan fingerprint density at radius 3 is 2.10 bits per heavy atom. The molecule has 2 aromatic carbocycles. The first-order valence-corrected chi connectivity index (χ1v) is 10.7. The number of fused-ring (bicyclic) bond motifs is 3. The van der Waals surface area contributed by atoms with Crippen LogP contribution in [0.15, 0.2) is 48.5 Å². The van der Waals surface area contributed by atoms with Gasteiger partial charge in [-0.25, -0.2) is 4.79 Å². The van der Waals surface area contributed by atoms with Crippen molar-refractivity contribution in [1.82, 2.24) is 5.32 Å². The van der Waals surface area contributed by atoms with Crippen molar-refractivity contribution in [3.8, 4) is 11.1 Å². The molecule has 154 valence electrons. The molecular weight excluding hydrogens is 362 g/mol. The van der Waals surface area contributed by atoms with Gasteiger partial charge in [-0.05, 0) is 59.8 Å². The third-order valence-corrected chi connectivity index (χ3v) is 6.86. The molecule has 0 unspecified atom stereocenters. The molecule has 29 heavy (non-hydrogen) atoms. The van der Waals surface area contributed by atoms with E-state index >= 15 is 0 Å². The molecule has 1 fully saturated rings. The van der Waals surface area contributed by atoms with Gasteiger partial charge in [-0.1, -0.05) is 62.4 Å². The van der Waals surface area contributed by atoms with Gasteiger partial charge in [-0.15, -0.1) is 0 Å². The fourth-order valence-corrected chi connectivity index (χ4v) is 4.91. The Balaban J connectivity index is 1.44. The number of aliphatic hydroxyl groups excluding tert-OH is 1. The summed E-state index contributed by atoms with van der Waals surface area (Å²) in [6, 6.07) is 16.7. The Morgan fingerprint density at radius 1 is 1.00 bits per heavy atom. The second kappa shape index (κ2) is 7.83. The molecule has 0 radical (unpaired) electrons. The summed E-state index contributed by atoms with van der Waals surface area (Å²) in [5, 5.41) is 12.7. The van der Waals surface area contributed by atoms with Crippen LogP contribution in [0, 0.1) is 5.41 Å². The van der Waals surface area contributed by atoms with Gasteiger partial charge in [0.1, 0.15) is 6.61 Å². The molecule has 0 saturated heterocycles. The van der Waals surface area contributed by atoms with E-state index in [1.165, 1.54) is 22.3 Å². The summed E-state index contributed by atoms with van der Waals surface area (Å²) in [5.41, 5.74) is 4.82. The van der Waals surface area contributed by atoms with Crippen molar-refractivity contribution in [3.63, 3.8) is 0 Å². The highest BCUT2D eigenvalue weighted by atomic mass is 16.5. The van der Waals surface area contributed by atoms with Crippen LogP contribution in [-0.4, -0.2) is 30.0 Å². The molecule has 2 aliphatic rings. The predicted molar refractivity (Wildman–Crippen MR) is 115 cm³/mol. The minimum absolute atomic E-state index is 0.0623. The minimum Gasteiger partial charge on any atom is -0.449 e. The summed E-state index contributed by atoms with van der Waals surface area (Å²) in [6.45, 7) is 4.93. The van der Waals surface area contributed by atoms with Crippen LogP contribution in [0.4, 0.5) is 4.79 Å². The zero-order chi connectivity index (χ0) is 20.5. The molecule has 4 rings (SSSR count). The first kappa shape index (κ1) is 20.0. The van der Waals surface area contributed by atoms with E-state index in [1.807, 2.05) is 12.1 Å². The monoisotopic (exact) mass is 393 g/mol. The molecule has 0 aromatic heterocycles. The Bertz CT molecular complexity index is 834. The van der Waals surface area contributed by atoms with Gasteiger partial charge >= 0.3 is 6.09 Å². The number of amides is 1. The van der Waals surface area contributed by atoms with Crippen molar-refractivity contribution >= 4 is 6.09 Å². The van der Waals surface area contributed by atoms with Gasteiger partial charge in [-0.2, -0.15) is 0 Å². The molecular formula is C25H31NO3. The van der Waals surface area contributed by atoms with Crippen LogP contribution in [0.1, 0.15) is 63.0 Å². The molecule has 0 spiro atoms. The summed E-state index contributed by atoms with van der Waals surface area (Å²) in [4.78, 5) is 12.7. The van der Waals surface area contributed by atoms with Crippen molar-refractivity contribution in [2.45, 2.75) is 57.4 Å². The van der Waals surface area contributed by atoms with Crippen LogP contribution in [-0.2, 0) is 4.74 Å². The summed E-state index contributed by atoms with van der Waals surface area (Å²) in [6.07, 6.45) is 4.04. The number of ether oxygens (including phenoxy) is 1. The fourth-order valence-electron chi connectivity index (χ4n) is 4.91. The third kappa shape index (κ3) is 4.04. The van der Waals surface area contributed by atoms with E-state index in [9.17, 15) is 9.90 Å². The number of rotatable bonds is 5. The van der Waals surface area contributed by atoms with Gasteiger partial charge in [-0.3, -0.25) is 0 Å². The topological polar surface area (TPSA) is 58.6 Å². The highest BCUT2D eigenvalue weighted by Gasteiger charge is 2.39. The number of alkyl carbamates (subject to hydrolysis) is 1. The molecule has 2 aliphatic carbocycles.